The Hall–Kier alpha value is -4.07. The molecule has 0 aliphatic carbocycles. The molecule has 182 valence electrons. The largest absolute Gasteiger partial charge is 0.507 e. The van der Waals surface area contributed by atoms with Crippen molar-refractivity contribution in [3.05, 3.63) is 65.9 Å². The van der Waals surface area contributed by atoms with E-state index in [0.717, 1.165) is 16.1 Å². The van der Waals surface area contributed by atoms with Crippen molar-refractivity contribution < 1.29 is 19.4 Å². The molecular formula is C26H23N5O4S. The number of carbonyl (C=O) groups excluding carboxylic acids is 2. The van der Waals surface area contributed by atoms with Crippen molar-refractivity contribution in [1.82, 2.24) is 10.3 Å². The third kappa shape index (κ3) is 5.12. The molecule has 0 saturated carbocycles. The van der Waals surface area contributed by atoms with Crippen molar-refractivity contribution in [1.29, 1.82) is 5.26 Å². The summed E-state index contributed by atoms with van der Waals surface area (Å²) in [5.41, 5.74) is 3.94. The van der Waals surface area contributed by atoms with Crippen LogP contribution in [-0.2, 0) is 16.1 Å². The Morgan fingerprint density at radius 2 is 2.11 bits per heavy atom. The zero-order valence-corrected chi connectivity index (χ0v) is 20.0. The highest BCUT2D eigenvalue weighted by Crippen LogP contribution is 2.35. The molecule has 3 N–H and O–H groups in total. The molecule has 5 rings (SSSR count). The average Bonchev–Trinajstić information content (AvgIpc) is 3.27. The van der Waals surface area contributed by atoms with Crippen LogP contribution in [0.5, 0.6) is 5.75 Å². The van der Waals surface area contributed by atoms with Gasteiger partial charge in [-0.05, 0) is 67.1 Å². The first-order valence-electron chi connectivity index (χ1n) is 11.4. The molecule has 1 atom stereocenters. The second-order valence-corrected chi connectivity index (χ2v) is 9.51. The number of rotatable bonds is 7. The number of pyridine rings is 1. The molecule has 1 fully saturated rings. The summed E-state index contributed by atoms with van der Waals surface area (Å²) in [6.07, 6.45) is 1.67. The maximum atomic E-state index is 12.5. The van der Waals surface area contributed by atoms with Gasteiger partial charge in [0.25, 0.3) is 0 Å². The fourth-order valence-corrected chi connectivity index (χ4v) is 4.95. The standard InChI is InChI=1S/C26H23N5O4S/c27-12-16-1-3-23(32)20(9-16)21-10-17(5-8-29-21)13-28-7-6-19-14-31(26(34)35-19)18-2-4-24-22(11-18)30-25(33)15-36-24/h1-5,8-11,19,28,32H,6-7,13-15H2,(H,30,33). The first-order valence-corrected chi connectivity index (χ1v) is 12.4. The van der Waals surface area contributed by atoms with Crippen LogP contribution >= 0.6 is 11.8 Å². The summed E-state index contributed by atoms with van der Waals surface area (Å²) in [5.74, 6) is 0.413. The molecule has 1 aromatic heterocycles. The van der Waals surface area contributed by atoms with E-state index in [1.807, 2.05) is 30.3 Å². The van der Waals surface area contributed by atoms with Gasteiger partial charge in [-0.1, -0.05) is 0 Å². The number of ether oxygens (including phenoxy) is 1. The number of benzene rings is 2. The van der Waals surface area contributed by atoms with Crippen LogP contribution in [-0.4, -0.2) is 47.0 Å². The Balaban J connectivity index is 1.15. The second-order valence-electron chi connectivity index (χ2n) is 8.49. The molecule has 2 amide bonds. The van der Waals surface area contributed by atoms with Gasteiger partial charge >= 0.3 is 6.09 Å². The molecule has 10 heteroatoms. The summed E-state index contributed by atoms with van der Waals surface area (Å²) in [4.78, 5) is 31.1. The van der Waals surface area contributed by atoms with Crippen molar-refractivity contribution in [3.63, 3.8) is 0 Å². The monoisotopic (exact) mass is 501 g/mol. The van der Waals surface area contributed by atoms with Crippen LogP contribution in [0, 0.1) is 11.3 Å². The van der Waals surface area contributed by atoms with E-state index in [1.165, 1.54) is 17.8 Å². The first-order chi connectivity index (χ1) is 17.5. The van der Waals surface area contributed by atoms with Gasteiger partial charge in [-0.3, -0.25) is 14.7 Å². The van der Waals surface area contributed by atoms with E-state index in [1.54, 1.807) is 23.2 Å². The number of thioether (sulfide) groups is 1. The molecule has 2 aliphatic heterocycles. The molecule has 0 bridgehead atoms. The molecule has 9 nitrogen and oxygen atoms in total. The minimum atomic E-state index is -0.395. The molecule has 36 heavy (non-hydrogen) atoms. The van der Waals surface area contributed by atoms with Crippen LogP contribution in [0.25, 0.3) is 11.3 Å². The third-order valence-corrected chi connectivity index (χ3v) is 7.05. The lowest BCUT2D eigenvalue weighted by molar-refractivity contribution is -0.113. The number of phenolic OH excluding ortho intramolecular Hbond substituents is 1. The predicted octanol–water partition coefficient (Wildman–Crippen LogP) is 3.88. The minimum absolute atomic E-state index is 0.0496. The Labute approximate surface area is 212 Å². The Bertz CT molecular complexity index is 1370. The Morgan fingerprint density at radius 3 is 2.97 bits per heavy atom. The molecule has 2 aromatic carbocycles. The number of cyclic esters (lactones) is 1. The van der Waals surface area contributed by atoms with Crippen LogP contribution < -0.4 is 15.5 Å². The third-order valence-electron chi connectivity index (χ3n) is 5.98. The van der Waals surface area contributed by atoms with Crippen molar-refractivity contribution >= 4 is 35.1 Å². The lowest BCUT2D eigenvalue weighted by atomic mass is 10.1. The number of phenols is 1. The summed E-state index contributed by atoms with van der Waals surface area (Å²) in [7, 11) is 0. The number of nitrogens with one attached hydrogen (secondary N) is 2. The SMILES string of the molecule is N#Cc1ccc(O)c(-c2cc(CNCCC3CN(c4ccc5c(c4)NC(=O)CS5)C(=O)O3)ccn2)c1. The summed E-state index contributed by atoms with van der Waals surface area (Å²) in [6, 6.07) is 16.1. The highest BCUT2D eigenvalue weighted by Gasteiger charge is 2.32. The normalized spacial score (nSPS) is 16.8. The van der Waals surface area contributed by atoms with Crippen LogP contribution in [0.15, 0.2) is 59.6 Å². The highest BCUT2D eigenvalue weighted by molar-refractivity contribution is 8.00. The lowest BCUT2D eigenvalue weighted by Crippen LogP contribution is -2.26. The highest BCUT2D eigenvalue weighted by atomic mass is 32.2. The molecular weight excluding hydrogens is 478 g/mol. The van der Waals surface area contributed by atoms with Gasteiger partial charge < -0.3 is 20.5 Å². The number of aromatic hydroxyl groups is 1. The van der Waals surface area contributed by atoms with Gasteiger partial charge in [-0.25, -0.2) is 4.79 Å². The van der Waals surface area contributed by atoms with Gasteiger partial charge in [0.05, 0.1) is 35.3 Å². The van der Waals surface area contributed by atoms with E-state index < -0.39 is 6.09 Å². The molecule has 3 aromatic rings. The second kappa shape index (κ2) is 10.3. The van der Waals surface area contributed by atoms with Gasteiger partial charge in [0.15, 0.2) is 0 Å². The quantitative estimate of drug-likeness (QED) is 0.416. The van der Waals surface area contributed by atoms with Crippen LogP contribution in [0.1, 0.15) is 17.5 Å². The maximum Gasteiger partial charge on any atom is 0.414 e. The van der Waals surface area contributed by atoms with E-state index in [-0.39, 0.29) is 17.8 Å². The Morgan fingerprint density at radius 1 is 1.22 bits per heavy atom. The molecule has 3 heterocycles. The van der Waals surface area contributed by atoms with Crippen molar-refractivity contribution in [2.45, 2.75) is 24.0 Å². The number of amides is 2. The zero-order chi connectivity index (χ0) is 25.1. The summed E-state index contributed by atoms with van der Waals surface area (Å²) in [6.45, 7) is 1.64. The van der Waals surface area contributed by atoms with Crippen LogP contribution in [0.4, 0.5) is 16.2 Å². The van der Waals surface area contributed by atoms with Crippen LogP contribution in [0.3, 0.4) is 0 Å². The molecule has 0 radical (unpaired) electrons. The van der Waals surface area contributed by atoms with E-state index in [4.69, 9.17) is 10.00 Å². The minimum Gasteiger partial charge on any atom is -0.507 e. The number of aromatic nitrogens is 1. The average molecular weight is 502 g/mol. The maximum absolute atomic E-state index is 12.5. The number of hydrogen-bond acceptors (Lipinski definition) is 8. The molecule has 1 saturated heterocycles. The topological polar surface area (TPSA) is 128 Å². The Kier molecular flexibility index (Phi) is 6.75. The van der Waals surface area contributed by atoms with Gasteiger partial charge in [-0.2, -0.15) is 5.26 Å². The predicted molar refractivity (Wildman–Crippen MR) is 136 cm³/mol. The number of anilines is 2. The summed E-state index contributed by atoms with van der Waals surface area (Å²) >= 11 is 1.48. The smallest absolute Gasteiger partial charge is 0.414 e. The van der Waals surface area contributed by atoms with Crippen LogP contribution in [0.2, 0.25) is 0 Å². The van der Waals surface area contributed by atoms with Gasteiger partial charge in [0.1, 0.15) is 11.9 Å². The van der Waals surface area contributed by atoms with E-state index in [9.17, 15) is 14.7 Å². The van der Waals surface area contributed by atoms with Gasteiger partial charge in [0.2, 0.25) is 5.91 Å². The summed E-state index contributed by atoms with van der Waals surface area (Å²) in [5, 5.41) is 25.5. The fourth-order valence-electron chi connectivity index (χ4n) is 4.16. The van der Waals surface area contributed by atoms with Gasteiger partial charge in [0, 0.05) is 28.9 Å². The fraction of sp³-hybridized carbons (Fsp3) is 0.231. The number of carbonyl (C=O) groups is 2. The number of hydrogen-bond donors (Lipinski definition) is 3. The van der Waals surface area contributed by atoms with Crippen molar-refractivity contribution in [2.24, 2.45) is 0 Å². The number of nitrogens with zero attached hydrogens (tertiary/aromatic N) is 3. The first kappa shape index (κ1) is 23.7. The molecule has 0 spiro atoms. The van der Waals surface area contributed by atoms with E-state index in [0.29, 0.717) is 54.3 Å². The molecule has 1 unspecified atom stereocenters. The van der Waals surface area contributed by atoms with Gasteiger partial charge in [-0.15, -0.1) is 11.8 Å². The lowest BCUT2D eigenvalue weighted by Gasteiger charge is -2.20. The van der Waals surface area contributed by atoms with E-state index in [2.05, 4.69) is 21.7 Å². The van der Waals surface area contributed by atoms with Crippen molar-refractivity contribution in [2.75, 3.05) is 29.1 Å². The van der Waals surface area contributed by atoms with E-state index >= 15 is 0 Å². The zero-order valence-electron chi connectivity index (χ0n) is 19.2. The number of nitriles is 1. The summed E-state index contributed by atoms with van der Waals surface area (Å²) < 4.78 is 5.55. The molecule has 2 aliphatic rings. The van der Waals surface area contributed by atoms with Crippen molar-refractivity contribution in [3.8, 4) is 23.1 Å². The number of fused-ring (bicyclic) bond motifs is 1.